The first kappa shape index (κ1) is 7.46. The van der Waals surface area contributed by atoms with Crippen molar-refractivity contribution in [2.75, 3.05) is 0 Å². The standard InChI is InChI=1S/C8H16S/c1-6-5-8(3,4)9-7(6)2/h6-7H,5H2,1-4H3. The Bertz CT molecular complexity index is 95.1. The lowest BCUT2D eigenvalue weighted by Gasteiger charge is -2.14. The molecule has 9 heavy (non-hydrogen) atoms. The van der Waals surface area contributed by atoms with E-state index in [1.807, 2.05) is 0 Å². The molecule has 0 aliphatic carbocycles. The second kappa shape index (κ2) is 2.19. The Morgan fingerprint density at radius 2 is 1.89 bits per heavy atom. The average molecular weight is 144 g/mol. The van der Waals surface area contributed by atoms with Gasteiger partial charge in [-0.1, -0.05) is 27.7 Å². The van der Waals surface area contributed by atoms with Crippen molar-refractivity contribution < 1.29 is 0 Å². The summed E-state index contributed by atoms with van der Waals surface area (Å²) in [6.45, 7) is 9.38. The van der Waals surface area contributed by atoms with Crippen molar-refractivity contribution in [2.45, 2.75) is 44.1 Å². The SMILES string of the molecule is CC1CC(C)(C)SC1C. The lowest BCUT2D eigenvalue weighted by Crippen LogP contribution is -2.08. The minimum atomic E-state index is 0.554. The zero-order valence-electron chi connectivity index (χ0n) is 6.77. The van der Waals surface area contributed by atoms with Crippen LogP contribution in [0.1, 0.15) is 34.1 Å². The molecule has 1 aliphatic heterocycles. The minimum absolute atomic E-state index is 0.554. The maximum Gasteiger partial charge on any atom is 0.0109 e. The van der Waals surface area contributed by atoms with Gasteiger partial charge in [0.15, 0.2) is 0 Å². The van der Waals surface area contributed by atoms with E-state index in [4.69, 9.17) is 0 Å². The van der Waals surface area contributed by atoms with E-state index in [9.17, 15) is 0 Å². The minimum Gasteiger partial charge on any atom is -0.152 e. The molecule has 0 N–H and O–H groups in total. The van der Waals surface area contributed by atoms with Gasteiger partial charge in [-0.15, -0.1) is 0 Å². The first-order chi connectivity index (χ1) is 4.01. The van der Waals surface area contributed by atoms with Crippen LogP contribution in [0, 0.1) is 5.92 Å². The number of hydrogen-bond donors (Lipinski definition) is 0. The molecule has 0 aromatic heterocycles. The Hall–Kier alpha value is 0.350. The summed E-state index contributed by atoms with van der Waals surface area (Å²) in [5.74, 6) is 0.921. The van der Waals surface area contributed by atoms with Crippen LogP contribution in [0.2, 0.25) is 0 Å². The Kier molecular flexibility index (Phi) is 1.81. The molecule has 1 heterocycles. The molecule has 0 saturated carbocycles. The first-order valence-corrected chi connectivity index (χ1v) is 4.57. The largest absolute Gasteiger partial charge is 0.152 e. The van der Waals surface area contributed by atoms with Crippen molar-refractivity contribution in [1.29, 1.82) is 0 Å². The molecule has 0 bridgehead atoms. The number of rotatable bonds is 0. The summed E-state index contributed by atoms with van der Waals surface area (Å²) in [4.78, 5) is 0. The molecule has 0 aromatic carbocycles. The lowest BCUT2D eigenvalue weighted by atomic mass is 9.97. The topological polar surface area (TPSA) is 0 Å². The molecular formula is C8H16S. The van der Waals surface area contributed by atoms with Crippen molar-refractivity contribution in [1.82, 2.24) is 0 Å². The van der Waals surface area contributed by atoms with Gasteiger partial charge in [-0.2, -0.15) is 11.8 Å². The summed E-state index contributed by atoms with van der Waals surface area (Å²) < 4.78 is 0.554. The summed E-state index contributed by atoms with van der Waals surface area (Å²) in [6, 6.07) is 0. The summed E-state index contributed by atoms with van der Waals surface area (Å²) in [6.07, 6.45) is 1.39. The van der Waals surface area contributed by atoms with Crippen LogP contribution in [0.4, 0.5) is 0 Å². The van der Waals surface area contributed by atoms with Gasteiger partial charge in [-0.25, -0.2) is 0 Å². The van der Waals surface area contributed by atoms with Crippen molar-refractivity contribution in [3.05, 3.63) is 0 Å². The van der Waals surface area contributed by atoms with Gasteiger partial charge in [0.25, 0.3) is 0 Å². The van der Waals surface area contributed by atoms with Crippen LogP contribution in [0.15, 0.2) is 0 Å². The van der Waals surface area contributed by atoms with Crippen LogP contribution >= 0.6 is 11.8 Å². The van der Waals surface area contributed by atoms with Gasteiger partial charge in [0.2, 0.25) is 0 Å². The van der Waals surface area contributed by atoms with Gasteiger partial charge in [0.1, 0.15) is 0 Å². The maximum absolute atomic E-state index is 2.35. The molecule has 2 atom stereocenters. The fraction of sp³-hybridized carbons (Fsp3) is 1.00. The second-order valence-corrected chi connectivity index (χ2v) is 5.85. The highest BCUT2D eigenvalue weighted by atomic mass is 32.2. The Morgan fingerprint density at radius 3 is 2.00 bits per heavy atom. The van der Waals surface area contributed by atoms with Crippen LogP contribution in [0.25, 0.3) is 0 Å². The monoisotopic (exact) mass is 144 g/mol. The van der Waals surface area contributed by atoms with E-state index in [-0.39, 0.29) is 0 Å². The molecule has 0 radical (unpaired) electrons. The molecular weight excluding hydrogens is 128 g/mol. The predicted octanol–water partition coefficient (Wildman–Crippen LogP) is 2.93. The molecule has 1 rings (SSSR count). The fourth-order valence-corrected chi connectivity index (χ4v) is 3.30. The second-order valence-electron chi connectivity index (χ2n) is 3.76. The van der Waals surface area contributed by atoms with Gasteiger partial charge >= 0.3 is 0 Å². The number of hydrogen-bond acceptors (Lipinski definition) is 1. The Morgan fingerprint density at radius 1 is 1.33 bits per heavy atom. The van der Waals surface area contributed by atoms with Gasteiger partial charge < -0.3 is 0 Å². The quantitative estimate of drug-likeness (QED) is 0.503. The molecule has 0 nitrogen and oxygen atoms in total. The van der Waals surface area contributed by atoms with Crippen molar-refractivity contribution in [2.24, 2.45) is 5.92 Å². The molecule has 1 fully saturated rings. The third-order valence-corrected chi connectivity index (χ3v) is 3.76. The van der Waals surface area contributed by atoms with Crippen LogP contribution in [0.3, 0.4) is 0 Å². The van der Waals surface area contributed by atoms with Crippen LogP contribution < -0.4 is 0 Å². The van der Waals surface area contributed by atoms with E-state index in [1.54, 1.807) is 0 Å². The molecule has 0 amide bonds. The maximum atomic E-state index is 2.35. The summed E-state index contributed by atoms with van der Waals surface area (Å²) in [5, 5.41) is 0.875. The molecule has 1 aliphatic rings. The van der Waals surface area contributed by atoms with Crippen LogP contribution in [-0.2, 0) is 0 Å². The summed E-state index contributed by atoms with van der Waals surface area (Å²) >= 11 is 2.13. The molecule has 1 saturated heterocycles. The predicted molar refractivity (Wildman–Crippen MR) is 44.9 cm³/mol. The summed E-state index contributed by atoms with van der Waals surface area (Å²) in [5.41, 5.74) is 0. The first-order valence-electron chi connectivity index (χ1n) is 3.69. The van der Waals surface area contributed by atoms with Gasteiger partial charge in [0, 0.05) is 10.00 Å². The van der Waals surface area contributed by atoms with Gasteiger partial charge in [0.05, 0.1) is 0 Å². The third kappa shape index (κ3) is 1.64. The van der Waals surface area contributed by atoms with Crippen molar-refractivity contribution in [3.8, 4) is 0 Å². The lowest BCUT2D eigenvalue weighted by molar-refractivity contribution is 0.506. The molecule has 2 unspecified atom stereocenters. The average Bonchev–Trinajstić information content (AvgIpc) is 1.79. The third-order valence-electron chi connectivity index (χ3n) is 2.12. The van der Waals surface area contributed by atoms with E-state index >= 15 is 0 Å². The molecule has 0 aromatic rings. The highest BCUT2D eigenvalue weighted by Gasteiger charge is 2.34. The van der Waals surface area contributed by atoms with E-state index < -0.39 is 0 Å². The van der Waals surface area contributed by atoms with Gasteiger partial charge in [-0.3, -0.25) is 0 Å². The smallest absolute Gasteiger partial charge is 0.0109 e. The molecule has 54 valence electrons. The van der Waals surface area contributed by atoms with Crippen molar-refractivity contribution in [3.63, 3.8) is 0 Å². The number of thioether (sulfide) groups is 1. The van der Waals surface area contributed by atoms with E-state index in [1.165, 1.54) is 6.42 Å². The van der Waals surface area contributed by atoms with Crippen LogP contribution in [-0.4, -0.2) is 10.00 Å². The highest BCUT2D eigenvalue weighted by molar-refractivity contribution is 8.01. The highest BCUT2D eigenvalue weighted by Crippen LogP contribution is 2.45. The van der Waals surface area contributed by atoms with E-state index in [2.05, 4.69) is 39.5 Å². The van der Waals surface area contributed by atoms with E-state index in [0.717, 1.165) is 11.2 Å². The van der Waals surface area contributed by atoms with Gasteiger partial charge in [-0.05, 0) is 12.3 Å². The van der Waals surface area contributed by atoms with Crippen molar-refractivity contribution >= 4 is 11.8 Å². The fourth-order valence-electron chi connectivity index (χ4n) is 1.61. The van der Waals surface area contributed by atoms with E-state index in [0.29, 0.717) is 4.75 Å². The zero-order chi connectivity index (χ0) is 7.07. The molecule has 1 heteroatoms. The summed E-state index contributed by atoms with van der Waals surface area (Å²) in [7, 11) is 0. The zero-order valence-corrected chi connectivity index (χ0v) is 7.59. The van der Waals surface area contributed by atoms with Crippen LogP contribution in [0.5, 0.6) is 0 Å². The Labute approximate surface area is 62.4 Å². The normalized spacial score (nSPS) is 41.3. The Balaban J connectivity index is 2.54. The molecule has 0 spiro atoms.